The van der Waals surface area contributed by atoms with Gasteiger partial charge in [0, 0.05) is 55.9 Å². The average Bonchev–Trinajstić information content (AvgIpc) is 3.33. The van der Waals surface area contributed by atoms with E-state index in [2.05, 4.69) is 19.9 Å². The van der Waals surface area contributed by atoms with Crippen LogP contribution in [0.15, 0.2) is 29.3 Å². The van der Waals surface area contributed by atoms with E-state index in [9.17, 15) is 9.59 Å². The number of hydrogen-bond acceptors (Lipinski definition) is 4. The molecule has 2 fully saturated rings. The lowest BCUT2D eigenvalue weighted by atomic mass is 10.1. The van der Waals surface area contributed by atoms with Crippen LogP contribution in [0.2, 0.25) is 0 Å². The van der Waals surface area contributed by atoms with Gasteiger partial charge in [0.15, 0.2) is 0 Å². The van der Waals surface area contributed by atoms with Crippen molar-refractivity contribution in [3.63, 3.8) is 0 Å². The molecule has 24 heavy (non-hydrogen) atoms. The predicted octanol–water partition coefficient (Wildman–Crippen LogP) is 0.933. The molecule has 2 aromatic rings. The smallest absolute Gasteiger partial charge is 0.254 e. The van der Waals surface area contributed by atoms with E-state index in [1.165, 1.54) is 6.07 Å². The second-order valence-electron chi connectivity index (χ2n) is 6.57. The maximum Gasteiger partial charge on any atom is 0.254 e. The van der Waals surface area contributed by atoms with Crippen molar-refractivity contribution >= 4 is 5.91 Å². The van der Waals surface area contributed by atoms with Crippen LogP contribution < -0.4 is 5.56 Å². The van der Waals surface area contributed by atoms with E-state index in [0.717, 1.165) is 44.0 Å². The van der Waals surface area contributed by atoms with Gasteiger partial charge in [-0.1, -0.05) is 0 Å². The van der Waals surface area contributed by atoms with Crippen molar-refractivity contribution in [2.45, 2.75) is 25.3 Å². The molecule has 2 aliphatic rings. The summed E-state index contributed by atoms with van der Waals surface area (Å²) in [7, 11) is 0. The highest BCUT2D eigenvalue weighted by Gasteiger charge is 2.27. The van der Waals surface area contributed by atoms with E-state index < -0.39 is 0 Å². The number of H-pyrrole nitrogens is 2. The molecule has 2 aromatic heterocycles. The molecule has 7 heteroatoms. The highest BCUT2D eigenvalue weighted by Crippen LogP contribution is 2.38. The molecular formula is C17H21N5O2. The van der Waals surface area contributed by atoms with Crippen molar-refractivity contribution < 1.29 is 4.79 Å². The number of nitrogens with one attached hydrogen (secondary N) is 2. The van der Waals surface area contributed by atoms with Crippen LogP contribution in [-0.2, 0) is 6.54 Å². The van der Waals surface area contributed by atoms with Crippen molar-refractivity contribution in [2.75, 3.05) is 26.2 Å². The average molecular weight is 327 g/mol. The Bertz CT molecular complexity index is 771. The fraction of sp³-hybridized carbons (Fsp3) is 0.471. The maximum absolute atomic E-state index is 12.7. The molecule has 1 aliphatic carbocycles. The topological polar surface area (TPSA) is 85.1 Å². The summed E-state index contributed by atoms with van der Waals surface area (Å²) in [4.78, 5) is 38.8. The number of rotatable bonds is 4. The van der Waals surface area contributed by atoms with Gasteiger partial charge in [0.1, 0.15) is 5.82 Å². The van der Waals surface area contributed by atoms with Crippen molar-refractivity contribution in [1.82, 2.24) is 24.8 Å². The van der Waals surface area contributed by atoms with Crippen molar-refractivity contribution in [2.24, 2.45) is 0 Å². The van der Waals surface area contributed by atoms with Gasteiger partial charge in [0.2, 0.25) is 5.56 Å². The normalized spacial score (nSPS) is 18.8. The number of pyridine rings is 1. The quantitative estimate of drug-likeness (QED) is 0.875. The van der Waals surface area contributed by atoms with Crippen LogP contribution in [0.3, 0.4) is 0 Å². The SMILES string of the molecule is O=C(c1cc(C2CC2)[nH]c(=O)c1)N1CCN(Cc2ncc[nH]2)CC1. The molecule has 0 radical (unpaired) electrons. The fourth-order valence-corrected chi connectivity index (χ4v) is 3.19. The number of aromatic nitrogens is 3. The molecule has 7 nitrogen and oxygen atoms in total. The second-order valence-corrected chi connectivity index (χ2v) is 6.57. The van der Waals surface area contributed by atoms with Crippen LogP contribution in [0.25, 0.3) is 0 Å². The van der Waals surface area contributed by atoms with Crippen molar-refractivity contribution in [3.05, 3.63) is 52.0 Å². The Morgan fingerprint density at radius 2 is 2.00 bits per heavy atom. The number of imidazole rings is 1. The lowest BCUT2D eigenvalue weighted by Crippen LogP contribution is -2.48. The number of amides is 1. The number of piperazine rings is 1. The standard InChI is InChI=1S/C17H21N5O2/c23-16-10-13(9-14(20-16)12-1-2-12)17(24)22-7-5-21(6-8-22)11-15-18-3-4-19-15/h3-4,9-10,12H,1-2,5-8,11H2,(H,18,19)(H,20,23). The molecule has 0 bridgehead atoms. The van der Waals surface area contributed by atoms with E-state index in [0.29, 0.717) is 24.6 Å². The van der Waals surface area contributed by atoms with E-state index in [4.69, 9.17) is 0 Å². The molecule has 126 valence electrons. The minimum Gasteiger partial charge on any atom is -0.348 e. The van der Waals surface area contributed by atoms with Crippen LogP contribution in [0.4, 0.5) is 0 Å². The summed E-state index contributed by atoms with van der Waals surface area (Å²) < 4.78 is 0. The molecule has 1 saturated heterocycles. The molecule has 2 N–H and O–H groups in total. The lowest BCUT2D eigenvalue weighted by Gasteiger charge is -2.34. The molecule has 0 aromatic carbocycles. The lowest BCUT2D eigenvalue weighted by molar-refractivity contribution is 0.0625. The molecule has 0 atom stereocenters. The monoisotopic (exact) mass is 327 g/mol. The Morgan fingerprint density at radius 1 is 1.21 bits per heavy atom. The van der Waals surface area contributed by atoms with Gasteiger partial charge in [-0.25, -0.2) is 4.98 Å². The van der Waals surface area contributed by atoms with Crippen LogP contribution in [0.1, 0.15) is 40.6 Å². The van der Waals surface area contributed by atoms with Gasteiger partial charge in [-0.3, -0.25) is 14.5 Å². The number of hydrogen-bond donors (Lipinski definition) is 2. The van der Waals surface area contributed by atoms with Gasteiger partial charge >= 0.3 is 0 Å². The van der Waals surface area contributed by atoms with Crippen LogP contribution in [-0.4, -0.2) is 56.8 Å². The molecule has 4 rings (SSSR count). The highest BCUT2D eigenvalue weighted by atomic mass is 16.2. The number of carbonyl (C=O) groups excluding carboxylic acids is 1. The third kappa shape index (κ3) is 3.26. The second kappa shape index (κ2) is 6.24. The minimum atomic E-state index is -0.181. The first-order valence-electron chi connectivity index (χ1n) is 8.43. The van der Waals surface area contributed by atoms with E-state index in [-0.39, 0.29) is 11.5 Å². The predicted molar refractivity (Wildman–Crippen MR) is 88.8 cm³/mol. The summed E-state index contributed by atoms with van der Waals surface area (Å²) in [6, 6.07) is 3.28. The summed E-state index contributed by atoms with van der Waals surface area (Å²) >= 11 is 0. The molecule has 1 amide bonds. The molecule has 1 aliphatic heterocycles. The first kappa shape index (κ1) is 15.1. The highest BCUT2D eigenvalue weighted by molar-refractivity contribution is 5.94. The Labute approximate surface area is 139 Å². The molecule has 3 heterocycles. The Kier molecular flexibility index (Phi) is 3.93. The third-order valence-electron chi connectivity index (χ3n) is 4.72. The van der Waals surface area contributed by atoms with Gasteiger partial charge < -0.3 is 14.9 Å². The first-order valence-corrected chi connectivity index (χ1v) is 8.43. The maximum atomic E-state index is 12.7. The third-order valence-corrected chi connectivity index (χ3v) is 4.72. The molecule has 0 unspecified atom stereocenters. The number of carbonyl (C=O) groups is 1. The number of nitrogens with zero attached hydrogens (tertiary/aromatic N) is 3. The van der Waals surface area contributed by atoms with Crippen molar-refractivity contribution in [3.8, 4) is 0 Å². The summed E-state index contributed by atoms with van der Waals surface area (Å²) in [6.45, 7) is 3.73. The zero-order chi connectivity index (χ0) is 16.5. The summed E-state index contributed by atoms with van der Waals surface area (Å²) in [5, 5.41) is 0. The zero-order valence-corrected chi connectivity index (χ0v) is 13.5. The Balaban J connectivity index is 1.40. The molecule has 0 spiro atoms. The van der Waals surface area contributed by atoms with Gasteiger partial charge in [0.25, 0.3) is 5.91 Å². The Hall–Kier alpha value is -2.41. The number of aromatic amines is 2. The van der Waals surface area contributed by atoms with E-state index in [1.54, 1.807) is 6.20 Å². The van der Waals surface area contributed by atoms with E-state index in [1.807, 2.05) is 17.2 Å². The van der Waals surface area contributed by atoms with Gasteiger partial charge in [0.05, 0.1) is 6.54 Å². The molecule has 1 saturated carbocycles. The zero-order valence-electron chi connectivity index (χ0n) is 13.5. The van der Waals surface area contributed by atoms with Gasteiger partial charge in [-0.15, -0.1) is 0 Å². The first-order chi connectivity index (χ1) is 11.7. The largest absolute Gasteiger partial charge is 0.348 e. The Morgan fingerprint density at radius 3 is 2.67 bits per heavy atom. The van der Waals surface area contributed by atoms with E-state index >= 15 is 0 Å². The van der Waals surface area contributed by atoms with Crippen LogP contribution in [0, 0.1) is 0 Å². The van der Waals surface area contributed by atoms with Crippen LogP contribution >= 0.6 is 0 Å². The van der Waals surface area contributed by atoms with Gasteiger partial charge in [-0.05, 0) is 24.8 Å². The summed E-state index contributed by atoms with van der Waals surface area (Å²) in [5.41, 5.74) is 1.24. The molecular weight excluding hydrogens is 306 g/mol. The van der Waals surface area contributed by atoms with Crippen molar-refractivity contribution in [1.29, 1.82) is 0 Å². The van der Waals surface area contributed by atoms with Gasteiger partial charge in [-0.2, -0.15) is 0 Å². The summed E-state index contributed by atoms with van der Waals surface area (Å²) in [6.07, 6.45) is 5.76. The summed E-state index contributed by atoms with van der Waals surface area (Å²) in [5.74, 6) is 1.33. The minimum absolute atomic E-state index is 0.0411. The van der Waals surface area contributed by atoms with Crippen LogP contribution in [0.5, 0.6) is 0 Å². The fourth-order valence-electron chi connectivity index (χ4n) is 3.19.